The summed E-state index contributed by atoms with van der Waals surface area (Å²) >= 11 is 0. The van der Waals surface area contributed by atoms with Crippen molar-refractivity contribution < 1.29 is 5.11 Å². The van der Waals surface area contributed by atoms with Gasteiger partial charge in [-0.25, -0.2) is 20.8 Å². The molecule has 0 amide bonds. The van der Waals surface area contributed by atoms with Gasteiger partial charge in [0.15, 0.2) is 17.0 Å². The predicted molar refractivity (Wildman–Crippen MR) is 66.6 cm³/mol. The number of imidazole rings is 1. The van der Waals surface area contributed by atoms with Crippen molar-refractivity contribution in [3.8, 4) is 0 Å². The Kier molecular flexibility index (Phi) is 2.85. The van der Waals surface area contributed by atoms with E-state index >= 15 is 0 Å². The van der Waals surface area contributed by atoms with Crippen LogP contribution >= 0.6 is 0 Å². The molecule has 3 rings (SSSR count). The van der Waals surface area contributed by atoms with E-state index in [0.717, 1.165) is 25.7 Å². The van der Waals surface area contributed by atoms with Crippen LogP contribution in [0.3, 0.4) is 0 Å². The molecule has 1 fully saturated rings. The van der Waals surface area contributed by atoms with Crippen LogP contribution in [0.5, 0.6) is 0 Å². The molecule has 2 aromatic rings. The fourth-order valence-corrected chi connectivity index (χ4v) is 2.62. The van der Waals surface area contributed by atoms with Crippen molar-refractivity contribution in [3.05, 3.63) is 12.7 Å². The van der Waals surface area contributed by atoms with Gasteiger partial charge in [-0.05, 0) is 12.8 Å². The summed E-state index contributed by atoms with van der Waals surface area (Å²) in [5, 5.41) is 10.1. The van der Waals surface area contributed by atoms with Gasteiger partial charge in [-0.2, -0.15) is 0 Å². The molecule has 0 aromatic carbocycles. The molecular weight excluding hydrogens is 232 g/mol. The first-order chi connectivity index (χ1) is 8.81. The molecule has 2 aromatic heterocycles. The highest BCUT2D eigenvalue weighted by Gasteiger charge is 2.26. The van der Waals surface area contributed by atoms with Gasteiger partial charge in [0.2, 0.25) is 0 Å². The molecule has 2 heterocycles. The summed E-state index contributed by atoms with van der Waals surface area (Å²) in [6.45, 7) is 0. The van der Waals surface area contributed by atoms with E-state index in [4.69, 9.17) is 5.84 Å². The third kappa shape index (κ3) is 1.72. The number of aliphatic hydroxyl groups is 1. The van der Waals surface area contributed by atoms with Crippen LogP contribution in [0.25, 0.3) is 11.2 Å². The lowest BCUT2D eigenvalue weighted by Crippen LogP contribution is -2.27. The first-order valence-electron chi connectivity index (χ1n) is 6.13. The summed E-state index contributed by atoms with van der Waals surface area (Å²) in [5.74, 6) is 5.90. The number of rotatable bonds is 2. The fraction of sp³-hybridized carbons (Fsp3) is 0.545. The molecule has 0 aliphatic heterocycles. The Balaban J connectivity index is 2.07. The Bertz CT molecular complexity index is 553. The van der Waals surface area contributed by atoms with Crippen molar-refractivity contribution in [2.75, 3.05) is 5.43 Å². The minimum Gasteiger partial charge on any atom is -0.391 e. The van der Waals surface area contributed by atoms with Gasteiger partial charge in [0.05, 0.1) is 18.5 Å². The summed E-state index contributed by atoms with van der Waals surface area (Å²) in [6.07, 6.45) is 6.80. The number of anilines is 1. The first-order valence-corrected chi connectivity index (χ1v) is 6.13. The maximum Gasteiger partial charge on any atom is 0.171 e. The second-order valence-corrected chi connectivity index (χ2v) is 4.61. The second-order valence-electron chi connectivity index (χ2n) is 4.61. The van der Waals surface area contributed by atoms with Gasteiger partial charge in [0.1, 0.15) is 6.33 Å². The molecule has 7 nitrogen and oxygen atoms in total. The average Bonchev–Trinajstić information content (AvgIpc) is 2.83. The van der Waals surface area contributed by atoms with Gasteiger partial charge in [-0.15, -0.1) is 0 Å². The van der Waals surface area contributed by atoms with Crippen LogP contribution < -0.4 is 11.3 Å². The average molecular weight is 248 g/mol. The molecule has 0 unspecified atom stereocenters. The predicted octanol–water partition coefficient (Wildman–Crippen LogP) is 0.588. The molecule has 0 bridgehead atoms. The third-order valence-electron chi connectivity index (χ3n) is 3.55. The monoisotopic (exact) mass is 248 g/mol. The number of aromatic nitrogens is 4. The lowest BCUT2D eigenvalue weighted by Gasteiger charge is -2.28. The lowest BCUT2D eigenvalue weighted by molar-refractivity contribution is 0.0770. The van der Waals surface area contributed by atoms with E-state index in [1.165, 1.54) is 6.33 Å². The zero-order valence-corrected chi connectivity index (χ0v) is 9.95. The number of hydrogen-bond acceptors (Lipinski definition) is 6. The molecular formula is C11H16N6O. The Morgan fingerprint density at radius 2 is 2.11 bits per heavy atom. The van der Waals surface area contributed by atoms with E-state index in [0.29, 0.717) is 17.0 Å². The van der Waals surface area contributed by atoms with Crippen molar-refractivity contribution in [1.82, 2.24) is 19.5 Å². The second kappa shape index (κ2) is 4.51. The van der Waals surface area contributed by atoms with Crippen LogP contribution in [-0.4, -0.2) is 30.7 Å². The first kappa shape index (κ1) is 11.4. The SMILES string of the molecule is NNc1ncnc2c1ncn2[C@H]1CCCC[C@H]1O. The molecule has 0 saturated heterocycles. The van der Waals surface area contributed by atoms with Crippen molar-refractivity contribution in [2.45, 2.75) is 37.8 Å². The molecule has 18 heavy (non-hydrogen) atoms. The van der Waals surface area contributed by atoms with Gasteiger partial charge in [0, 0.05) is 0 Å². The van der Waals surface area contributed by atoms with Gasteiger partial charge in [-0.1, -0.05) is 12.8 Å². The topological polar surface area (TPSA) is 102 Å². The Morgan fingerprint density at radius 1 is 1.28 bits per heavy atom. The van der Waals surface area contributed by atoms with Crippen molar-refractivity contribution in [3.63, 3.8) is 0 Å². The lowest BCUT2D eigenvalue weighted by atomic mass is 9.92. The van der Waals surface area contributed by atoms with E-state index in [1.807, 2.05) is 4.57 Å². The molecule has 96 valence electrons. The number of nitrogens with two attached hydrogens (primary N) is 1. The van der Waals surface area contributed by atoms with Crippen LogP contribution in [-0.2, 0) is 0 Å². The largest absolute Gasteiger partial charge is 0.391 e. The van der Waals surface area contributed by atoms with Gasteiger partial charge in [-0.3, -0.25) is 0 Å². The smallest absolute Gasteiger partial charge is 0.171 e. The fourth-order valence-electron chi connectivity index (χ4n) is 2.62. The normalized spacial score (nSPS) is 24.3. The molecule has 4 N–H and O–H groups in total. The molecule has 0 radical (unpaired) electrons. The number of aliphatic hydroxyl groups excluding tert-OH is 1. The Labute approximate surface area is 104 Å². The number of hydrogen-bond donors (Lipinski definition) is 3. The molecule has 1 aliphatic rings. The summed E-state index contributed by atoms with van der Waals surface area (Å²) in [5.41, 5.74) is 3.86. The van der Waals surface area contributed by atoms with E-state index in [2.05, 4.69) is 20.4 Å². The van der Waals surface area contributed by atoms with Gasteiger partial charge >= 0.3 is 0 Å². The molecule has 7 heteroatoms. The molecule has 1 saturated carbocycles. The summed E-state index contributed by atoms with van der Waals surface area (Å²) in [6, 6.07) is 0.0456. The highest BCUT2D eigenvalue weighted by Crippen LogP contribution is 2.31. The summed E-state index contributed by atoms with van der Waals surface area (Å²) in [4.78, 5) is 12.5. The summed E-state index contributed by atoms with van der Waals surface area (Å²) < 4.78 is 1.93. The highest BCUT2D eigenvalue weighted by molar-refractivity contribution is 5.82. The molecule has 1 aliphatic carbocycles. The zero-order valence-electron chi connectivity index (χ0n) is 9.95. The number of nitrogens with one attached hydrogen (secondary N) is 1. The quantitative estimate of drug-likeness (QED) is 0.531. The van der Waals surface area contributed by atoms with Crippen molar-refractivity contribution >= 4 is 17.0 Å². The zero-order chi connectivity index (χ0) is 12.5. The Hall–Kier alpha value is -1.73. The molecule has 0 spiro atoms. The van der Waals surface area contributed by atoms with E-state index < -0.39 is 0 Å². The van der Waals surface area contributed by atoms with Crippen LogP contribution in [0.15, 0.2) is 12.7 Å². The third-order valence-corrected chi connectivity index (χ3v) is 3.55. The van der Waals surface area contributed by atoms with Crippen LogP contribution in [0, 0.1) is 0 Å². The minimum absolute atomic E-state index is 0.0456. The van der Waals surface area contributed by atoms with Gasteiger partial charge < -0.3 is 15.1 Å². The number of nitrogen functional groups attached to an aromatic ring is 1. The highest BCUT2D eigenvalue weighted by atomic mass is 16.3. The summed E-state index contributed by atoms with van der Waals surface area (Å²) in [7, 11) is 0. The number of hydrazine groups is 1. The molecule has 2 atom stereocenters. The number of nitrogens with zero attached hydrogens (tertiary/aromatic N) is 4. The van der Waals surface area contributed by atoms with Gasteiger partial charge in [0.25, 0.3) is 0 Å². The number of fused-ring (bicyclic) bond motifs is 1. The maximum absolute atomic E-state index is 10.1. The Morgan fingerprint density at radius 3 is 2.89 bits per heavy atom. The van der Waals surface area contributed by atoms with Crippen LogP contribution in [0.2, 0.25) is 0 Å². The van der Waals surface area contributed by atoms with E-state index in [1.54, 1.807) is 6.33 Å². The standard InChI is InChI=1S/C11H16N6O/c12-16-10-9-11(14-5-13-10)17(6-15-9)7-3-1-2-4-8(7)18/h5-8,18H,1-4,12H2,(H,13,14,16)/t7-,8+/m0/s1. The minimum atomic E-state index is -0.333. The maximum atomic E-state index is 10.1. The van der Waals surface area contributed by atoms with Crippen molar-refractivity contribution in [2.24, 2.45) is 5.84 Å². The van der Waals surface area contributed by atoms with Crippen molar-refractivity contribution in [1.29, 1.82) is 0 Å². The van der Waals surface area contributed by atoms with Crippen LogP contribution in [0.4, 0.5) is 5.82 Å². The van der Waals surface area contributed by atoms with E-state index in [-0.39, 0.29) is 12.1 Å². The van der Waals surface area contributed by atoms with E-state index in [9.17, 15) is 5.11 Å². The van der Waals surface area contributed by atoms with Crippen LogP contribution in [0.1, 0.15) is 31.7 Å².